The molecule has 7 nitrogen and oxygen atoms in total. The van der Waals surface area contributed by atoms with Crippen molar-refractivity contribution in [1.82, 2.24) is 10.7 Å². The summed E-state index contributed by atoms with van der Waals surface area (Å²) in [5, 5.41) is 8.36. The van der Waals surface area contributed by atoms with E-state index in [4.69, 9.17) is 55.9 Å². The first-order valence-corrected chi connectivity index (χ1v) is 12.9. The number of ether oxygens (including phenoxy) is 2. The molecule has 0 saturated heterocycles. The van der Waals surface area contributed by atoms with Crippen LogP contribution in [0.15, 0.2) is 59.7 Å². The first-order chi connectivity index (χ1) is 18.1. The number of benzene rings is 3. The maximum atomic E-state index is 12.8. The maximum Gasteiger partial charge on any atom is 0.262 e. The van der Waals surface area contributed by atoms with Gasteiger partial charge in [0.2, 0.25) is 0 Å². The Labute approximate surface area is 241 Å². The Morgan fingerprint density at radius 2 is 1.68 bits per heavy atom. The molecule has 200 valence electrons. The molecule has 0 heterocycles. The van der Waals surface area contributed by atoms with Gasteiger partial charge in [-0.05, 0) is 60.0 Å². The van der Waals surface area contributed by atoms with Crippen LogP contribution in [0.25, 0.3) is 0 Å². The summed E-state index contributed by atoms with van der Waals surface area (Å²) >= 11 is 24.1. The molecule has 1 unspecified atom stereocenters. The van der Waals surface area contributed by atoms with E-state index in [0.717, 1.165) is 5.56 Å². The Bertz CT molecular complexity index is 1350. The van der Waals surface area contributed by atoms with Crippen LogP contribution in [0.2, 0.25) is 20.1 Å². The summed E-state index contributed by atoms with van der Waals surface area (Å²) in [6.07, 6.45) is 1.46. The van der Waals surface area contributed by atoms with E-state index in [9.17, 15) is 9.59 Å². The molecule has 0 saturated carbocycles. The van der Waals surface area contributed by atoms with Gasteiger partial charge in [0.25, 0.3) is 11.8 Å². The molecule has 38 heavy (non-hydrogen) atoms. The van der Waals surface area contributed by atoms with E-state index in [1.165, 1.54) is 31.5 Å². The number of hydrazone groups is 1. The zero-order valence-corrected chi connectivity index (χ0v) is 23.8. The van der Waals surface area contributed by atoms with E-state index < -0.39 is 17.9 Å². The van der Waals surface area contributed by atoms with Crippen molar-refractivity contribution in [3.05, 3.63) is 91.4 Å². The van der Waals surface area contributed by atoms with Crippen LogP contribution in [-0.4, -0.2) is 31.2 Å². The quantitative estimate of drug-likeness (QED) is 0.199. The van der Waals surface area contributed by atoms with Crippen molar-refractivity contribution in [2.45, 2.75) is 26.5 Å². The Hall–Kier alpha value is -2.97. The topological polar surface area (TPSA) is 89.0 Å². The first-order valence-electron chi connectivity index (χ1n) is 11.4. The van der Waals surface area contributed by atoms with Crippen LogP contribution in [0, 0.1) is 5.92 Å². The summed E-state index contributed by atoms with van der Waals surface area (Å²) < 4.78 is 11.3. The van der Waals surface area contributed by atoms with Crippen molar-refractivity contribution in [3.63, 3.8) is 0 Å². The van der Waals surface area contributed by atoms with Gasteiger partial charge in [-0.15, -0.1) is 0 Å². The first kappa shape index (κ1) is 29.6. The standard InChI is InChI=1S/C27H25Cl4N3O4/c1-15(2)25(33-26(35)17-6-8-20(29)22(31)11-17)27(36)34-32-13-16-4-9-23(24(10-16)37-3)38-14-18-5-7-19(28)12-21(18)30/h4-13,15,25H,14H2,1-3H3,(H,33,35)(H,34,36). The molecule has 0 bridgehead atoms. The highest BCUT2D eigenvalue weighted by atomic mass is 35.5. The smallest absolute Gasteiger partial charge is 0.262 e. The molecule has 11 heteroatoms. The largest absolute Gasteiger partial charge is 0.493 e. The van der Waals surface area contributed by atoms with Crippen molar-refractivity contribution < 1.29 is 19.1 Å². The molecule has 0 aliphatic carbocycles. The van der Waals surface area contributed by atoms with Gasteiger partial charge in [-0.1, -0.05) is 66.3 Å². The second kappa shape index (κ2) is 13.7. The van der Waals surface area contributed by atoms with E-state index in [0.29, 0.717) is 32.1 Å². The summed E-state index contributed by atoms with van der Waals surface area (Å²) in [6, 6.07) is 14.0. The summed E-state index contributed by atoms with van der Waals surface area (Å²) in [4.78, 5) is 25.4. The molecule has 3 rings (SSSR count). The molecule has 3 aromatic carbocycles. The van der Waals surface area contributed by atoms with Crippen molar-refractivity contribution in [2.24, 2.45) is 11.0 Å². The number of amides is 2. The van der Waals surface area contributed by atoms with Crippen LogP contribution in [0.5, 0.6) is 11.5 Å². The van der Waals surface area contributed by atoms with Gasteiger partial charge in [0.15, 0.2) is 11.5 Å². The van der Waals surface area contributed by atoms with Gasteiger partial charge in [0.1, 0.15) is 12.6 Å². The lowest BCUT2D eigenvalue weighted by Crippen LogP contribution is -2.48. The predicted molar refractivity (Wildman–Crippen MR) is 152 cm³/mol. The highest BCUT2D eigenvalue weighted by Gasteiger charge is 2.24. The van der Waals surface area contributed by atoms with Gasteiger partial charge >= 0.3 is 0 Å². The van der Waals surface area contributed by atoms with Gasteiger partial charge in [0, 0.05) is 21.2 Å². The van der Waals surface area contributed by atoms with E-state index >= 15 is 0 Å². The fraction of sp³-hybridized carbons (Fsp3) is 0.222. The summed E-state index contributed by atoms with van der Waals surface area (Å²) in [7, 11) is 1.52. The van der Waals surface area contributed by atoms with E-state index in [-0.39, 0.29) is 23.1 Å². The van der Waals surface area contributed by atoms with Crippen molar-refractivity contribution in [3.8, 4) is 11.5 Å². The third-order valence-electron chi connectivity index (χ3n) is 5.39. The molecule has 0 fully saturated rings. The third kappa shape index (κ3) is 8.01. The molecule has 0 aromatic heterocycles. The average molecular weight is 597 g/mol. The van der Waals surface area contributed by atoms with E-state index in [1.54, 1.807) is 36.4 Å². The van der Waals surface area contributed by atoms with E-state index in [1.807, 2.05) is 13.8 Å². The van der Waals surface area contributed by atoms with Gasteiger partial charge in [-0.2, -0.15) is 5.10 Å². The molecular weight excluding hydrogens is 572 g/mol. The number of carbonyl (C=O) groups is 2. The minimum absolute atomic E-state index is 0.206. The lowest BCUT2D eigenvalue weighted by Gasteiger charge is -2.20. The highest BCUT2D eigenvalue weighted by Crippen LogP contribution is 2.30. The van der Waals surface area contributed by atoms with Crippen molar-refractivity contribution in [1.29, 1.82) is 0 Å². The molecule has 0 spiro atoms. The number of hydrogen-bond donors (Lipinski definition) is 2. The zero-order chi connectivity index (χ0) is 27.8. The summed E-state index contributed by atoms with van der Waals surface area (Å²) in [5.41, 5.74) is 4.18. The van der Waals surface area contributed by atoms with Gasteiger partial charge in [-0.25, -0.2) is 5.43 Å². The molecule has 2 N–H and O–H groups in total. The van der Waals surface area contributed by atoms with Crippen LogP contribution in [-0.2, 0) is 11.4 Å². The fourth-order valence-electron chi connectivity index (χ4n) is 3.31. The normalized spacial score (nSPS) is 11.9. The van der Waals surface area contributed by atoms with E-state index in [2.05, 4.69) is 15.8 Å². The van der Waals surface area contributed by atoms with Gasteiger partial charge in [-0.3, -0.25) is 9.59 Å². The highest BCUT2D eigenvalue weighted by molar-refractivity contribution is 6.42. The van der Waals surface area contributed by atoms with Gasteiger partial charge in [0.05, 0.1) is 23.4 Å². The minimum Gasteiger partial charge on any atom is -0.493 e. The Kier molecular flexibility index (Phi) is 10.7. The second-order valence-electron chi connectivity index (χ2n) is 8.49. The predicted octanol–water partition coefficient (Wildman–Crippen LogP) is 6.79. The number of carbonyl (C=O) groups excluding carboxylic acids is 2. The molecular formula is C27H25Cl4N3O4. The Morgan fingerprint density at radius 1 is 0.921 bits per heavy atom. The Balaban J connectivity index is 1.62. The molecule has 0 aliphatic heterocycles. The fourth-order valence-corrected chi connectivity index (χ4v) is 4.08. The number of nitrogens with zero attached hydrogens (tertiary/aromatic N) is 1. The second-order valence-corrected chi connectivity index (χ2v) is 10.2. The monoisotopic (exact) mass is 595 g/mol. The lowest BCUT2D eigenvalue weighted by molar-refractivity contribution is -0.123. The third-order valence-corrected chi connectivity index (χ3v) is 6.72. The zero-order valence-electron chi connectivity index (χ0n) is 20.7. The number of methoxy groups -OCH3 is 1. The number of hydrogen-bond acceptors (Lipinski definition) is 5. The molecule has 0 radical (unpaired) electrons. The minimum atomic E-state index is -0.834. The van der Waals surface area contributed by atoms with Gasteiger partial charge < -0.3 is 14.8 Å². The molecule has 1 atom stereocenters. The van der Waals surface area contributed by atoms with Crippen LogP contribution in [0.4, 0.5) is 0 Å². The van der Waals surface area contributed by atoms with Crippen LogP contribution >= 0.6 is 46.4 Å². The molecule has 3 aromatic rings. The Morgan fingerprint density at radius 3 is 2.34 bits per heavy atom. The van der Waals surface area contributed by atoms with Crippen LogP contribution < -0.4 is 20.2 Å². The molecule has 0 aliphatic rings. The van der Waals surface area contributed by atoms with Crippen LogP contribution in [0.3, 0.4) is 0 Å². The average Bonchev–Trinajstić information content (AvgIpc) is 2.88. The maximum absolute atomic E-state index is 12.8. The number of nitrogens with one attached hydrogen (secondary N) is 2. The SMILES string of the molecule is COc1cc(C=NNC(=O)C(NC(=O)c2ccc(Cl)c(Cl)c2)C(C)C)ccc1OCc1ccc(Cl)cc1Cl. The number of rotatable bonds is 10. The summed E-state index contributed by atoms with van der Waals surface area (Å²) in [6.45, 7) is 3.84. The summed E-state index contributed by atoms with van der Waals surface area (Å²) in [5.74, 6) is -0.162. The van der Waals surface area contributed by atoms with Crippen molar-refractivity contribution >= 4 is 64.4 Å². The molecule has 2 amide bonds. The number of halogens is 4. The lowest BCUT2D eigenvalue weighted by atomic mass is 10.0. The van der Waals surface area contributed by atoms with Crippen LogP contribution in [0.1, 0.15) is 35.3 Å². The van der Waals surface area contributed by atoms with Crippen molar-refractivity contribution in [2.75, 3.05) is 7.11 Å².